The van der Waals surface area contributed by atoms with Crippen LogP contribution in [0.1, 0.15) is 18.4 Å². The van der Waals surface area contributed by atoms with E-state index in [9.17, 15) is 13.2 Å². The summed E-state index contributed by atoms with van der Waals surface area (Å²) in [6, 6.07) is 4.89. The van der Waals surface area contributed by atoms with Gasteiger partial charge in [-0.1, -0.05) is 12.2 Å². The normalized spacial score (nSPS) is 15.4. The zero-order chi connectivity index (χ0) is 14.2. The Kier molecular flexibility index (Phi) is 4.06. The maximum atomic E-state index is 12.6. The van der Waals surface area contributed by atoms with Crippen LogP contribution in [0.3, 0.4) is 0 Å². The van der Waals surface area contributed by atoms with Crippen LogP contribution < -0.4 is 10.6 Å². The summed E-state index contributed by atoms with van der Waals surface area (Å²) in [5.74, 6) is 0. The van der Waals surface area contributed by atoms with E-state index < -0.39 is 12.7 Å². The maximum absolute atomic E-state index is 12.6. The molecule has 0 saturated heterocycles. The lowest BCUT2D eigenvalue weighted by Crippen LogP contribution is -2.36. The molecule has 104 valence electrons. The van der Waals surface area contributed by atoms with Gasteiger partial charge in [-0.3, -0.25) is 0 Å². The van der Waals surface area contributed by atoms with Crippen molar-refractivity contribution in [2.24, 2.45) is 5.73 Å². The second-order valence-corrected chi connectivity index (χ2v) is 5.80. The van der Waals surface area contributed by atoms with Gasteiger partial charge in [0, 0.05) is 21.8 Å². The topological polar surface area (TPSA) is 29.3 Å². The molecule has 0 bridgehead atoms. The second-order valence-electron chi connectivity index (χ2n) is 4.50. The minimum absolute atomic E-state index is 0.0239. The predicted octanol–water partition coefficient (Wildman–Crippen LogP) is 3.61. The molecule has 7 heteroatoms. The SMILES string of the molecule is NC(=S)c1ccc(N(CC(F)(F)F)C2CC2)cc1Br. The fourth-order valence-corrected chi connectivity index (χ4v) is 2.78. The van der Waals surface area contributed by atoms with Gasteiger partial charge in [-0.25, -0.2) is 0 Å². The first-order chi connectivity index (χ1) is 8.78. The molecule has 1 aromatic carbocycles. The van der Waals surface area contributed by atoms with Gasteiger partial charge in [0.05, 0.1) is 0 Å². The number of hydrogen-bond donors (Lipinski definition) is 1. The van der Waals surface area contributed by atoms with Crippen molar-refractivity contribution in [3.8, 4) is 0 Å². The van der Waals surface area contributed by atoms with Gasteiger partial charge in [0.2, 0.25) is 0 Å². The van der Waals surface area contributed by atoms with Crippen LogP contribution in [0.25, 0.3) is 0 Å². The van der Waals surface area contributed by atoms with E-state index in [0.717, 1.165) is 12.8 Å². The molecule has 1 saturated carbocycles. The van der Waals surface area contributed by atoms with Gasteiger partial charge in [0.15, 0.2) is 0 Å². The van der Waals surface area contributed by atoms with Crippen molar-refractivity contribution in [2.45, 2.75) is 25.1 Å². The monoisotopic (exact) mass is 352 g/mol. The molecule has 2 nitrogen and oxygen atoms in total. The van der Waals surface area contributed by atoms with E-state index in [1.165, 1.54) is 4.90 Å². The highest BCUT2D eigenvalue weighted by molar-refractivity contribution is 9.10. The first-order valence-corrected chi connectivity index (χ1v) is 6.91. The van der Waals surface area contributed by atoms with Crippen LogP contribution in [0, 0.1) is 0 Å². The van der Waals surface area contributed by atoms with E-state index in [2.05, 4.69) is 15.9 Å². The average molecular weight is 353 g/mol. The molecule has 2 rings (SSSR count). The third kappa shape index (κ3) is 3.82. The average Bonchev–Trinajstić information content (AvgIpc) is 3.07. The Morgan fingerprint density at radius 1 is 1.42 bits per heavy atom. The molecule has 1 aliphatic rings. The predicted molar refractivity (Wildman–Crippen MR) is 76.5 cm³/mol. The van der Waals surface area contributed by atoms with Crippen LogP contribution in [0.5, 0.6) is 0 Å². The largest absolute Gasteiger partial charge is 0.405 e. The fourth-order valence-electron chi connectivity index (χ4n) is 1.89. The summed E-state index contributed by atoms with van der Waals surface area (Å²) in [7, 11) is 0. The van der Waals surface area contributed by atoms with Crippen LogP contribution in [-0.4, -0.2) is 23.8 Å². The van der Waals surface area contributed by atoms with Crippen molar-refractivity contribution >= 4 is 38.8 Å². The van der Waals surface area contributed by atoms with Crippen LogP contribution in [0.15, 0.2) is 22.7 Å². The van der Waals surface area contributed by atoms with Crippen molar-refractivity contribution in [1.82, 2.24) is 0 Å². The Hall–Kier alpha value is -0.820. The van der Waals surface area contributed by atoms with Crippen LogP contribution in [0.2, 0.25) is 0 Å². The van der Waals surface area contributed by atoms with Gasteiger partial charge in [0.1, 0.15) is 11.5 Å². The zero-order valence-corrected chi connectivity index (χ0v) is 12.3. The Labute approximate surface area is 122 Å². The third-order valence-electron chi connectivity index (χ3n) is 2.89. The molecule has 0 amide bonds. The number of anilines is 1. The minimum Gasteiger partial charge on any atom is -0.389 e. The molecule has 2 N–H and O–H groups in total. The van der Waals surface area contributed by atoms with Gasteiger partial charge in [-0.05, 0) is 47.0 Å². The van der Waals surface area contributed by atoms with Crippen molar-refractivity contribution in [3.05, 3.63) is 28.2 Å². The van der Waals surface area contributed by atoms with E-state index in [4.69, 9.17) is 18.0 Å². The number of halogens is 4. The molecule has 0 aromatic heterocycles. The summed E-state index contributed by atoms with van der Waals surface area (Å²) in [5.41, 5.74) is 6.68. The van der Waals surface area contributed by atoms with Gasteiger partial charge in [-0.2, -0.15) is 13.2 Å². The quantitative estimate of drug-likeness (QED) is 0.839. The van der Waals surface area contributed by atoms with Crippen molar-refractivity contribution < 1.29 is 13.2 Å². The molecule has 19 heavy (non-hydrogen) atoms. The van der Waals surface area contributed by atoms with Crippen LogP contribution in [0.4, 0.5) is 18.9 Å². The fraction of sp³-hybridized carbons (Fsp3) is 0.417. The lowest BCUT2D eigenvalue weighted by atomic mass is 10.2. The van der Waals surface area contributed by atoms with Crippen LogP contribution >= 0.6 is 28.1 Å². The highest BCUT2D eigenvalue weighted by Gasteiger charge is 2.38. The molecule has 1 fully saturated rings. The van der Waals surface area contributed by atoms with Gasteiger partial charge >= 0.3 is 6.18 Å². The molecule has 0 spiro atoms. The summed E-state index contributed by atoms with van der Waals surface area (Å²) in [4.78, 5) is 1.60. The summed E-state index contributed by atoms with van der Waals surface area (Å²) in [6.45, 7) is -0.934. The van der Waals surface area contributed by atoms with E-state index >= 15 is 0 Å². The molecule has 0 atom stereocenters. The molecule has 1 aromatic rings. The number of nitrogens with zero attached hydrogens (tertiary/aromatic N) is 1. The Balaban J connectivity index is 2.27. The highest BCUT2D eigenvalue weighted by atomic mass is 79.9. The molecule has 0 heterocycles. The number of alkyl halides is 3. The number of nitrogens with two attached hydrogens (primary N) is 1. The van der Waals surface area contributed by atoms with Gasteiger partial charge < -0.3 is 10.6 Å². The smallest absolute Gasteiger partial charge is 0.389 e. The molecule has 0 radical (unpaired) electrons. The number of benzene rings is 1. The molecule has 0 aliphatic heterocycles. The standard InChI is InChI=1S/C12H12BrF3N2S/c13-10-5-8(3-4-9(10)11(17)19)18(7-1-2-7)6-12(14,15)16/h3-5,7H,1-2,6H2,(H2,17,19). The zero-order valence-electron chi connectivity index (χ0n) is 9.88. The minimum atomic E-state index is -4.21. The number of hydrogen-bond acceptors (Lipinski definition) is 2. The lowest BCUT2D eigenvalue weighted by molar-refractivity contribution is -0.120. The Morgan fingerprint density at radius 3 is 2.47 bits per heavy atom. The summed E-state index contributed by atoms with van der Waals surface area (Å²) < 4.78 is 38.4. The summed E-state index contributed by atoms with van der Waals surface area (Å²) in [5, 5.41) is 0. The first kappa shape index (κ1) is 14.6. The number of rotatable bonds is 4. The molecular weight excluding hydrogens is 341 g/mol. The van der Waals surface area contributed by atoms with Crippen molar-refractivity contribution in [1.29, 1.82) is 0 Å². The molecular formula is C12H12BrF3N2S. The van der Waals surface area contributed by atoms with Crippen LogP contribution in [-0.2, 0) is 0 Å². The van der Waals surface area contributed by atoms with Gasteiger partial charge in [0.25, 0.3) is 0 Å². The van der Waals surface area contributed by atoms with Crippen molar-refractivity contribution in [2.75, 3.05) is 11.4 Å². The van der Waals surface area contributed by atoms with E-state index in [0.29, 0.717) is 15.7 Å². The third-order valence-corrected chi connectivity index (χ3v) is 3.76. The summed E-state index contributed by atoms with van der Waals surface area (Å²) in [6.07, 6.45) is -2.62. The first-order valence-electron chi connectivity index (χ1n) is 5.70. The van der Waals surface area contributed by atoms with E-state index in [1.54, 1.807) is 18.2 Å². The lowest BCUT2D eigenvalue weighted by Gasteiger charge is -2.26. The van der Waals surface area contributed by atoms with E-state index in [-0.39, 0.29) is 11.0 Å². The Morgan fingerprint density at radius 2 is 2.05 bits per heavy atom. The number of thiocarbonyl (C=S) groups is 1. The highest BCUT2D eigenvalue weighted by Crippen LogP contribution is 2.36. The maximum Gasteiger partial charge on any atom is 0.405 e. The summed E-state index contributed by atoms with van der Waals surface area (Å²) >= 11 is 8.15. The Bertz CT molecular complexity index is 500. The van der Waals surface area contributed by atoms with Crippen molar-refractivity contribution in [3.63, 3.8) is 0 Å². The molecule has 0 unspecified atom stereocenters. The molecule has 1 aliphatic carbocycles. The second kappa shape index (κ2) is 5.28. The van der Waals surface area contributed by atoms with E-state index in [1.807, 2.05) is 0 Å². The van der Waals surface area contributed by atoms with Gasteiger partial charge in [-0.15, -0.1) is 0 Å².